The van der Waals surface area contributed by atoms with Gasteiger partial charge in [-0.3, -0.25) is 0 Å². The second kappa shape index (κ2) is 3.60. The largest absolute Gasteiger partial charge is 0.486 e. The van der Waals surface area contributed by atoms with Gasteiger partial charge in [0.15, 0.2) is 0 Å². The monoisotopic (exact) mass is 232 g/mol. The molecule has 1 aromatic carbocycles. The number of aliphatic hydroxyl groups is 1. The van der Waals surface area contributed by atoms with Gasteiger partial charge >= 0.3 is 5.63 Å². The van der Waals surface area contributed by atoms with Crippen molar-refractivity contribution in [3.05, 3.63) is 39.7 Å². The number of ether oxygens (including phenoxy) is 1. The molecule has 0 spiro atoms. The average molecular weight is 232 g/mol. The van der Waals surface area contributed by atoms with Crippen molar-refractivity contribution in [3.63, 3.8) is 0 Å². The van der Waals surface area contributed by atoms with E-state index in [1.165, 1.54) is 0 Å². The number of benzene rings is 1. The highest BCUT2D eigenvalue weighted by molar-refractivity contribution is 5.85. The third-order valence-corrected chi connectivity index (χ3v) is 3.02. The number of hydrogen-bond acceptors (Lipinski definition) is 4. The van der Waals surface area contributed by atoms with Gasteiger partial charge in [0.2, 0.25) is 0 Å². The van der Waals surface area contributed by atoms with Gasteiger partial charge in [0.1, 0.15) is 17.4 Å². The van der Waals surface area contributed by atoms with E-state index in [-0.39, 0.29) is 18.3 Å². The van der Waals surface area contributed by atoms with E-state index in [4.69, 9.17) is 14.3 Å². The molecule has 1 aliphatic heterocycles. The highest BCUT2D eigenvalue weighted by Crippen LogP contribution is 2.34. The predicted molar refractivity (Wildman–Crippen MR) is 62.4 cm³/mol. The Morgan fingerprint density at radius 2 is 2.29 bits per heavy atom. The number of fused-ring (bicyclic) bond motifs is 3. The molecule has 0 aliphatic carbocycles. The Kier molecular flexibility index (Phi) is 2.19. The van der Waals surface area contributed by atoms with E-state index in [1.807, 2.05) is 25.1 Å². The minimum Gasteiger partial charge on any atom is -0.486 e. The normalized spacial score (nSPS) is 18.1. The number of hydrogen-bond donors (Lipinski definition) is 1. The molecule has 4 nitrogen and oxygen atoms in total. The summed E-state index contributed by atoms with van der Waals surface area (Å²) in [6.07, 6.45) is 0.0812. The zero-order chi connectivity index (χ0) is 12.0. The summed E-state index contributed by atoms with van der Waals surface area (Å²) in [4.78, 5) is 11.8. The molecule has 2 aromatic rings. The van der Waals surface area contributed by atoms with Gasteiger partial charge in [0, 0.05) is 6.42 Å². The molecule has 2 heterocycles. The zero-order valence-corrected chi connectivity index (χ0v) is 9.40. The second-order valence-corrected chi connectivity index (χ2v) is 4.32. The molecule has 1 aliphatic rings. The first-order chi connectivity index (χ1) is 8.19. The third-order valence-electron chi connectivity index (χ3n) is 3.02. The quantitative estimate of drug-likeness (QED) is 0.755. The minimum absolute atomic E-state index is 0.0958. The average Bonchev–Trinajstić information content (AvgIpc) is 2.73. The molecule has 1 aromatic heterocycles. The van der Waals surface area contributed by atoms with Gasteiger partial charge in [-0.1, -0.05) is 6.07 Å². The predicted octanol–water partition coefficient (Wildman–Crippen LogP) is 1.40. The maximum Gasteiger partial charge on any atom is 0.343 e. The van der Waals surface area contributed by atoms with E-state index in [0.29, 0.717) is 23.3 Å². The lowest BCUT2D eigenvalue weighted by Gasteiger charge is -2.07. The van der Waals surface area contributed by atoms with Crippen molar-refractivity contribution in [2.45, 2.75) is 19.4 Å². The van der Waals surface area contributed by atoms with Crippen LogP contribution in [0.1, 0.15) is 11.1 Å². The Bertz CT molecular complexity index is 642. The van der Waals surface area contributed by atoms with Crippen LogP contribution in [0.4, 0.5) is 0 Å². The molecule has 0 amide bonds. The lowest BCUT2D eigenvalue weighted by Crippen LogP contribution is -2.18. The van der Waals surface area contributed by atoms with Gasteiger partial charge in [-0.25, -0.2) is 4.79 Å². The molecule has 4 heteroatoms. The van der Waals surface area contributed by atoms with Crippen molar-refractivity contribution < 1.29 is 14.3 Å². The lowest BCUT2D eigenvalue weighted by atomic mass is 10.1. The Morgan fingerprint density at radius 1 is 1.47 bits per heavy atom. The van der Waals surface area contributed by atoms with Crippen LogP contribution >= 0.6 is 0 Å². The highest BCUT2D eigenvalue weighted by Gasteiger charge is 2.28. The van der Waals surface area contributed by atoms with Crippen molar-refractivity contribution in [3.8, 4) is 5.75 Å². The molecular formula is C13H12O4. The fraction of sp³-hybridized carbons (Fsp3) is 0.308. The van der Waals surface area contributed by atoms with Gasteiger partial charge in [-0.2, -0.15) is 0 Å². The zero-order valence-electron chi connectivity index (χ0n) is 9.40. The van der Waals surface area contributed by atoms with Crippen LogP contribution in [0.5, 0.6) is 5.75 Å². The topological polar surface area (TPSA) is 59.7 Å². The van der Waals surface area contributed by atoms with E-state index in [0.717, 1.165) is 10.9 Å². The number of rotatable bonds is 1. The molecule has 0 radical (unpaired) electrons. The molecule has 3 rings (SSSR count). The van der Waals surface area contributed by atoms with Crippen LogP contribution in [0.2, 0.25) is 0 Å². The van der Waals surface area contributed by atoms with E-state index in [1.54, 1.807) is 0 Å². The summed E-state index contributed by atoms with van der Waals surface area (Å²) >= 11 is 0. The molecule has 1 unspecified atom stereocenters. The molecule has 0 fully saturated rings. The molecule has 88 valence electrons. The summed E-state index contributed by atoms with van der Waals surface area (Å²) < 4.78 is 10.8. The molecule has 17 heavy (non-hydrogen) atoms. The fourth-order valence-corrected chi connectivity index (χ4v) is 2.17. The SMILES string of the molecule is Cc1ccc2c3c(c(=O)oc2c1)CC(CO)O3. The van der Waals surface area contributed by atoms with Crippen LogP contribution in [-0.4, -0.2) is 17.8 Å². The minimum atomic E-state index is -0.367. The van der Waals surface area contributed by atoms with Gasteiger partial charge in [0.05, 0.1) is 17.6 Å². The highest BCUT2D eigenvalue weighted by atomic mass is 16.5. The van der Waals surface area contributed by atoms with Crippen LogP contribution < -0.4 is 10.4 Å². The van der Waals surface area contributed by atoms with Gasteiger partial charge in [-0.15, -0.1) is 0 Å². The maximum atomic E-state index is 11.8. The summed E-state index contributed by atoms with van der Waals surface area (Å²) in [5, 5.41) is 9.88. The summed E-state index contributed by atoms with van der Waals surface area (Å²) in [5.41, 5.74) is 1.72. The molecule has 0 saturated carbocycles. The first-order valence-electron chi connectivity index (χ1n) is 5.53. The van der Waals surface area contributed by atoms with E-state index < -0.39 is 0 Å². The van der Waals surface area contributed by atoms with E-state index in [9.17, 15) is 4.79 Å². The van der Waals surface area contributed by atoms with Crippen molar-refractivity contribution in [1.82, 2.24) is 0 Å². The third kappa shape index (κ3) is 1.52. The van der Waals surface area contributed by atoms with Crippen molar-refractivity contribution in [2.24, 2.45) is 0 Å². The summed E-state index contributed by atoms with van der Waals surface area (Å²) in [5.74, 6) is 0.565. The second-order valence-electron chi connectivity index (χ2n) is 4.32. The summed E-state index contributed by atoms with van der Waals surface area (Å²) in [6.45, 7) is 1.84. The van der Waals surface area contributed by atoms with Crippen LogP contribution in [0.25, 0.3) is 11.0 Å². The van der Waals surface area contributed by atoms with Crippen LogP contribution in [0.15, 0.2) is 27.4 Å². The van der Waals surface area contributed by atoms with Crippen molar-refractivity contribution in [2.75, 3.05) is 6.61 Å². The fourth-order valence-electron chi connectivity index (χ4n) is 2.17. The Balaban J connectivity index is 2.30. The summed E-state index contributed by atoms with van der Waals surface area (Å²) in [7, 11) is 0. The van der Waals surface area contributed by atoms with E-state index >= 15 is 0 Å². The number of aryl methyl sites for hydroxylation is 1. The van der Waals surface area contributed by atoms with E-state index in [2.05, 4.69) is 0 Å². The van der Waals surface area contributed by atoms with Gasteiger partial charge in [-0.05, 0) is 24.6 Å². The van der Waals surface area contributed by atoms with Crippen molar-refractivity contribution in [1.29, 1.82) is 0 Å². The first-order valence-corrected chi connectivity index (χ1v) is 5.53. The standard InChI is InChI=1S/C13H12O4/c1-7-2-3-9-11(4-7)17-13(15)10-5-8(6-14)16-12(9)10/h2-4,8,14H,5-6H2,1H3. The first kappa shape index (κ1) is 10.4. The lowest BCUT2D eigenvalue weighted by molar-refractivity contribution is 0.136. The Morgan fingerprint density at radius 3 is 3.06 bits per heavy atom. The summed E-state index contributed by atoms with van der Waals surface area (Å²) in [6, 6.07) is 5.64. The van der Waals surface area contributed by atoms with Gasteiger partial charge < -0.3 is 14.3 Å². The maximum absolute atomic E-state index is 11.8. The van der Waals surface area contributed by atoms with Crippen LogP contribution in [0.3, 0.4) is 0 Å². The molecule has 0 saturated heterocycles. The molecule has 0 bridgehead atoms. The van der Waals surface area contributed by atoms with Crippen LogP contribution in [-0.2, 0) is 6.42 Å². The number of aliphatic hydroxyl groups excluding tert-OH is 1. The Hall–Kier alpha value is -1.81. The Labute approximate surface area is 97.4 Å². The molecular weight excluding hydrogens is 220 g/mol. The van der Waals surface area contributed by atoms with Crippen LogP contribution in [0, 0.1) is 6.92 Å². The van der Waals surface area contributed by atoms with Crippen molar-refractivity contribution >= 4 is 11.0 Å². The smallest absolute Gasteiger partial charge is 0.343 e. The molecule has 1 atom stereocenters. The van der Waals surface area contributed by atoms with Gasteiger partial charge in [0.25, 0.3) is 0 Å². The molecule has 1 N–H and O–H groups in total.